The van der Waals surface area contributed by atoms with Crippen LogP contribution in [0.1, 0.15) is 11.1 Å². The SMILES string of the molecule is COC(=O)[C@H](Cc1ccc(OC)c(Cl)c1)NC(=O)Cc1cccc(F)c1. The first kappa shape index (κ1) is 19.7. The molecule has 2 rings (SSSR count). The van der Waals surface area contributed by atoms with Crippen LogP contribution < -0.4 is 10.1 Å². The Morgan fingerprint density at radius 3 is 2.54 bits per heavy atom. The van der Waals surface area contributed by atoms with E-state index in [0.29, 0.717) is 16.3 Å². The highest BCUT2D eigenvalue weighted by Gasteiger charge is 2.22. The molecule has 0 heterocycles. The zero-order chi connectivity index (χ0) is 19.1. The molecule has 2 aromatic rings. The van der Waals surface area contributed by atoms with E-state index in [1.807, 2.05) is 0 Å². The van der Waals surface area contributed by atoms with Gasteiger partial charge in [0, 0.05) is 6.42 Å². The summed E-state index contributed by atoms with van der Waals surface area (Å²) in [5.41, 5.74) is 1.25. The van der Waals surface area contributed by atoms with E-state index in [1.54, 1.807) is 24.3 Å². The van der Waals surface area contributed by atoms with Crippen LogP contribution in [0.3, 0.4) is 0 Å². The van der Waals surface area contributed by atoms with E-state index in [4.69, 9.17) is 21.1 Å². The first-order valence-electron chi connectivity index (χ1n) is 7.87. The van der Waals surface area contributed by atoms with Crippen LogP contribution in [0.25, 0.3) is 0 Å². The molecule has 0 saturated heterocycles. The number of halogens is 2. The minimum Gasteiger partial charge on any atom is -0.495 e. The zero-order valence-corrected chi connectivity index (χ0v) is 15.2. The highest BCUT2D eigenvalue weighted by molar-refractivity contribution is 6.32. The molecule has 5 nitrogen and oxygen atoms in total. The molecule has 0 aromatic heterocycles. The van der Waals surface area contributed by atoms with Crippen molar-refractivity contribution in [2.24, 2.45) is 0 Å². The lowest BCUT2D eigenvalue weighted by Crippen LogP contribution is -2.43. The van der Waals surface area contributed by atoms with Crippen molar-refractivity contribution in [1.82, 2.24) is 5.32 Å². The van der Waals surface area contributed by atoms with Gasteiger partial charge in [-0.05, 0) is 35.4 Å². The maximum Gasteiger partial charge on any atom is 0.328 e. The van der Waals surface area contributed by atoms with Gasteiger partial charge in [0.15, 0.2) is 0 Å². The monoisotopic (exact) mass is 379 g/mol. The summed E-state index contributed by atoms with van der Waals surface area (Å²) in [6.07, 6.45) is 0.153. The van der Waals surface area contributed by atoms with Crippen molar-refractivity contribution in [1.29, 1.82) is 0 Å². The fourth-order valence-electron chi connectivity index (χ4n) is 2.49. The normalized spacial score (nSPS) is 11.5. The number of benzene rings is 2. The standard InChI is InChI=1S/C19H19ClFNO4/c1-25-17-7-6-13(9-15(17)20)10-16(19(24)26-2)22-18(23)11-12-4-3-5-14(21)8-12/h3-9,16H,10-11H2,1-2H3,(H,22,23)/t16-/m0/s1. The van der Waals surface area contributed by atoms with Gasteiger partial charge in [-0.1, -0.05) is 29.8 Å². The summed E-state index contributed by atoms with van der Waals surface area (Å²) < 4.78 is 23.1. The van der Waals surface area contributed by atoms with E-state index in [2.05, 4.69) is 5.32 Å². The molecule has 0 aliphatic heterocycles. The number of methoxy groups -OCH3 is 2. The van der Waals surface area contributed by atoms with Crippen LogP contribution in [0.15, 0.2) is 42.5 Å². The molecule has 0 bridgehead atoms. The van der Waals surface area contributed by atoms with Crippen LogP contribution in [0.5, 0.6) is 5.75 Å². The largest absolute Gasteiger partial charge is 0.495 e. The maximum absolute atomic E-state index is 13.2. The van der Waals surface area contributed by atoms with Crippen molar-refractivity contribution < 1.29 is 23.5 Å². The summed E-state index contributed by atoms with van der Waals surface area (Å²) in [7, 11) is 2.75. The van der Waals surface area contributed by atoms with Crippen LogP contribution in [0.4, 0.5) is 4.39 Å². The Balaban J connectivity index is 2.08. The average Bonchev–Trinajstić information content (AvgIpc) is 2.60. The Bertz CT molecular complexity index is 797. The van der Waals surface area contributed by atoms with E-state index in [9.17, 15) is 14.0 Å². The van der Waals surface area contributed by atoms with Gasteiger partial charge in [-0.15, -0.1) is 0 Å². The van der Waals surface area contributed by atoms with E-state index in [1.165, 1.54) is 32.4 Å². The minimum absolute atomic E-state index is 0.0470. The summed E-state index contributed by atoms with van der Waals surface area (Å²) in [5, 5.41) is 3.02. The van der Waals surface area contributed by atoms with Crippen molar-refractivity contribution in [3.8, 4) is 5.75 Å². The van der Waals surface area contributed by atoms with Gasteiger partial charge in [0.05, 0.1) is 25.7 Å². The number of amides is 1. The van der Waals surface area contributed by atoms with Crippen molar-refractivity contribution in [3.63, 3.8) is 0 Å². The van der Waals surface area contributed by atoms with Gasteiger partial charge >= 0.3 is 5.97 Å². The summed E-state index contributed by atoms with van der Waals surface area (Å²) >= 11 is 6.09. The van der Waals surface area contributed by atoms with Crippen LogP contribution in [0, 0.1) is 5.82 Å². The second-order valence-corrected chi connectivity index (χ2v) is 6.03. The predicted molar refractivity (Wildman–Crippen MR) is 95.8 cm³/mol. The van der Waals surface area contributed by atoms with Gasteiger partial charge in [0.25, 0.3) is 0 Å². The third-order valence-corrected chi connectivity index (χ3v) is 4.03. The lowest BCUT2D eigenvalue weighted by atomic mass is 10.0. The molecule has 0 fully saturated rings. The number of ether oxygens (including phenoxy) is 2. The fourth-order valence-corrected chi connectivity index (χ4v) is 2.77. The van der Waals surface area contributed by atoms with Gasteiger partial charge in [-0.2, -0.15) is 0 Å². The first-order chi connectivity index (χ1) is 12.4. The number of hydrogen-bond acceptors (Lipinski definition) is 4. The molecule has 0 aliphatic carbocycles. The summed E-state index contributed by atoms with van der Waals surface area (Å²) in [5.74, 6) is -0.900. The van der Waals surface area contributed by atoms with Gasteiger partial charge < -0.3 is 14.8 Å². The molecule has 1 atom stereocenters. The molecule has 0 radical (unpaired) electrons. The van der Waals surface area contributed by atoms with Gasteiger partial charge in [0.1, 0.15) is 17.6 Å². The number of nitrogens with one attached hydrogen (secondary N) is 1. The van der Waals surface area contributed by atoms with Gasteiger partial charge in [-0.25, -0.2) is 9.18 Å². The second kappa shape index (κ2) is 9.20. The third-order valence-electron chi connectivity index (χ3n) is 3.73. The maximum atomic E-state index is 13.2. The van der Waals surface area contributed by atoms with Gasteiger partial charge in [0.2, 0.25) is 5.91 Å². The van der Waals surface area contributed by atoms with E-state index >= 15 is 0 Å². The number of carbonyl (C=O) groups excluding carboxylic acids is 2. The van der Waals surface area contributed by atoms with Crippen LogP contribution >= 0.6 is 11.6 Å². The Hall–Kier alpha value is -2.60. The Kier molecular flexibility index (Phi) is 6.97. The minimum atomic E-state index is -0.884. The van der Waals surface area contributed by atoms with Gasteiger partial charge in [-0.3, -0.25) is 4.79 Å². The molecule has 1 amide bonds. The predicted octanol–water partition coefficient (Wildman–Crippen LogP) is 2.93. The summed E-state index contributed by atoms with van der Waals surface area (Å²) in [6, 6.07) is 9.94. The summed E-state index contributed by atoms with van der Waals surface area (Å²) in [6.45, 7) is 0. The number of esters is 1. The van der Waals surface area contributed by atoms with E-state index in [-0.39, 0.29) is 12.8 Å². The molecular weight excluding hydrogens is 361 g/mol. The molecule has 7 heteroatoms. The first-order valence-corrected chi connectivity index (χ1v) is 8.24. The Morgan fingerprint density at radius 2 is 1.92 bits per heavy atom. The lowest BCUT2D eigenvalue weighted by Gasteiger charge is -2.17. The van der Waals surface area contributed by atoms with E-state index < -0.39 is 23.7 Å². The average molecular weight is 380 g/mol. The Labute approximate surface area is 156 Å². The zero-order valence-electron chi connectivity index (χ0n) is 14.4. The smallest absolute Gasteiger partial charge is 0.328 e. The number of rotatable bonds is 7. The molecule has 2 aromatic carbocycles. The van der Waals surface area contributed by atoms with E-state index in [0.717, 1.165) is 5.56 Å². The lowest BCUT2D eigenvalue weighted by molar-refractivity contribution is -0.145. The van der Waals surface area contributed by atoms with Crippen LogP contribution in [-0.2, 0) is 27.2 Å². The molecular formula is C19H19ClFNO4. The number of carbonyl (C=O) groups is 2. The van der Waals surface area contributed by atoms with Crippen LogP contribution in [-0.4, -0.2) is 32.1 Å². The van der Waals surface area contributed by atoms with Crippen molar-refractivity contribution in [3.05, 3.63) is 64.4 Å². The molecule has 0 spiro atoms. The molecule has 26 heavy (non-hydrogen) atoms. The second-order valence-electron chi connectivity index (χ2n) is 5.62. The molecule has 138 valence electrons. The highest BCUT2D eigenvalue weighted by Crippen LogP contribution is 2.25. The van der Waals surface area contributed by atoms with Crippen molar-refractivity contribution in [2.45, 2.75) is 18.9 Å². The van der Waals surface area contributed by atoms with Crippen LogP contribution in [0.2, 0.25) is 5.02 Å². The third kappa shape index (κ3) is 5.46. The van der Waals surface area contributed by atoms with Crippen molar-refractivity contribution in [2.75, 3.05) is 14.2 Å². The summed E-state index contributed by atoms with van der Waals surface area (Å²) in [4.78, 5) is 24.2. The molecule has 1 N–H and O–H groups in total. The fraction of sp³-hybridized carbons (Fsp3) is 0.263. The molecule has 0 aliphatic rings. The quantitative estimate of drug-likeness (QED) is 0.751. The number of hydrogen-bond donors (Lipinski definition) is 1. The Morgan fingerprint density at radius 1 is 1.15 bits per heavy atom. The highest BCUT2D eigenvalue weighted by atomic mass is 35.5. The van der Waals surface area contributed by atoms with Crippen molar-refractivity contribution >= 4 is 23.5 Å². The topological polar surface area (TPSA) is 64.6 Å². The molecule has 0 unspecified atom stereocenters. The molecule has 0 saturated carbocycles.